The fraction of sp³-hybridized carbons (Fsp3) is 0.235. The van der Waals surface area contributed by atoms with Crippen LogP contribution >= 0.6 is 15.9 Å². The maximum Gasteiger partial charge on any atom is 0.417 e. The summed E-state index contributed by atoms with van der Waals surface area (Å²) in [5, 5.41) is 5.38. The number of rotatable bonds is 5. The average Bonchev–Trinajstić information content (AvgIpc) is 2.53. The van der Waals surface area contributed by atoms with Crippen molar-refractivity contribution in [3.05, 3.63) is 58.1 Å². The third-order valence-electron chi connectivity index (χ3n) is 3.37. The molecule has 0 saturated carbocycles. The Morgan fingerprint density at radius 1 is 1.08 bits per heavy atom. The summed E-state index contributed by atoms with van der Waals surface area (Å²) >= 11 is 2.88. The minimum absolute atomic E-state index is 0.0407. The van der Waals surface area contributed by atoms with Crippen molar-refractivity contribution in [2.45, 2.75) is 19.5 Å². The number of carbonyl (C=O) groups is 1. The predicted molar refractivity (Wildman–Crippen MR) is 92.1 cm³/mol. The summed E-state index contributed by atoms with van der Waals surface area (Å²) in [4.78, 5) is 11.9. The van der Waals surface area contributed by atoms with E-state index in [0.717, 1.165) is 18.1 Å². The minimum Gasteiger partial charge on any atom is -0.376 e. The maximum atomic E-state index is 12.8. The molecule has 0 fully saturated rings. The van der Waals surface area contributed by atoms with Crippen LogP contribution in [0.25, 0.3) is 0 Å². The van der Waals surface area contributed by atoms with Gasteiger partial charge in [-0.05, 0) is 42.3 Å². The van der Waals surface area contributed by atoms with Gasteiger partial charge in [-0.25, -0.2) is 0 Å². The summed E-state index contributed by atoms with van der Waals surface area (Å²) in [5.41, 5.74) is 1.23. The van der Waals surface area contributed by atoms with Gasteiger partial charge in [-0.1, -0.05) is 35.0 Å². The number of carbonyl (C=O) groups excluding carboxylic acids is 1. The van der Waals surface area contributed by atoms with E-state index in [9.17, 15) is 18.0 Å². The lowest BCUT2D eigenvalue weighted by Crippen LogP contribution is -2.22. The lowest BCUT2D eigenvalue weighted by Gasteiger charge is -2.12. The maximum absolute atomic E-state index is 12.8. The Kier molecular flexibility index (Phi) is 5.88. The first kappa shape index (κ1) is 18.3. The molecular formula is C17H16BrF3N2O. The van der Waals surface area contributed by atoms with Crippen LogP contribution in [-0.2, 0) is 17.4 Å². The number of hydrogen-bond acceptors (Lipinski definition) is 2. The first-order valence-corrected chi connectivity index (χ1v) is 8.08. The molecule has 0 unspecified atom stereocenters. The van der Waals surface area contributed by atoms with Crippen molar-refractivity contribution in [2.24, 2.45) is 0 Å². The summed E-state index contributed by atoms with van der Waals surface area (Å²) in [6.07, 6.45) is -3.55. The van der Waals surface area contributed by atoms with Gasteiger partial charge in [0.25, 0.3) is 0 Å². The Labute approximate surface area is 146 Å². The van der Waals surface area contributed by atoms with Gasteiger partial charge in [0.1, 0.15) is 0 Å². The van der Waals surface area contributed by atoms with Crippen LogP contribution in [0.15, 0.2) is 46.9 Å². The lowest BCUT2D eigenvalue weighted by molar-refractivity contribution is -0.138. The molecule has 0 aliphatic rings. The van der Waals surface area contributed by atoms with Crippen molar-refractivity contribution in [3.63, 3.8) is 0 Å². The molecule has 24 heavy (non-hydrogen) atoms. The number of benzene rings is 2. The third kappa shape index (κ3) is 4.99. The molecule has 0 aliphatic heterocycles. The van der Waals surface area contributed by atoms with E-state index in [0.29, 0.717) is 5.69 Å². The van der Waals surface area contributed by atoms with E-state index in [1.165, 1.54) is 12.1 Å². The molecule has 1 amide bonds. The Balaban J connectivity index is 1.96. The van der Waals surface area contributed by atoms with E-state index < -0.39 is 11.7 Å². The second kappa shape index (κ2) is 7.70. The van der Waals surface area contributed by atoms with Gasteiger partial charge < -0.3 is 10.6 Å². The molecule has 2 N–H and O–H groups in total. The second-order valence-corrected chi connectivity index (χ2v) is 6.00. The highest BCUT2D eigenvalue weighted by Crippen LogP contribution is 2.36. The van der Waals surface area contributed by atoms with E-state index in [-0.39, 0.29) is 22.6 Å². The highest BCUT2D eigenvalue weighted by molar-refractivity contribution is 9.10. The van der Waals surface area contributed by atoms with Gasteiger partial charge >= 0.3 is 6.18 Å². The van der Waals surface area contributed by atoms with Crippen molar-refractivity contribution < 1.29 is 18.0 Å². The average molecular weight is 401 g/mol. The summed E-state index contributed by atoms with van der Waals surface area (Å²) in [7, 11) is 0. The van der Waals surface area contributed by atoms with Crippen LogP contribution in [0.1, 0.15) is 18.1 Å². The number of aryl methyl sites for hydroxylation is 1. The molecule has 0 radical (unpaired) electrons. The first-order valence-electron chi connectivity index (χ1n) is 7.29. The molecule has 0 spiro atoms. The molecule has 128 valence electrons. The minimum atomic E-state index is -4.46. The molecule has 7 heteroatoms. The van der Waals surface area contributed by atoms with Crippen LogP contribution in [0.3, 0.4) is 0 Å². The largest absolute Gasteiger partial charge is 0.417 e. The summed E-state index contributed by atoms with van der Waals surface area (Å²) < 4.78 is 38.5. The Hall–Kier alpha value is -2.02. The number of nitrogens with one attached hydrogen (secondary N) is 2. The van der Waals surface area contributed by atoms with E-state index in [1.54, 1.807) is 12.1 Å². The third-order valence-corrected chi connectivity index (χ3v) is 4.06. The highest BCUT2D eigenvalue weighted by Gasteiger charge is 2.33. The fourth-order valence-corrected chi connectivity index (χ4v) is 2.54. The van der Waals surface area contributed by atoms with Gasteiger partial charge in [-0.2, -0.15) is 13.2 Å². The number of alkyl halides is 3. The number of anilines is 2. The SMILES string of the molecule is CCc1ccc(NC(=O)CNc2ccc(Br)c(C(F)(F)F)c2)cc1. The van der Waals surface area contributed by atoms with Crippen LogP contribution in [0.4, 0.5) is 24.5 Å². The van der Waals surface area contributed by atoms with Crippen molar-refractivity contribution >= 4 is 33.2 Å². The smallest absolute Gasteiger partial charge is 0.376 e. The zero-order valence-corrected chi connectivity index (χ0v) is 14.5. The second-order valence-electron chi connectivity index (χ2n) is 5.14. The number of halogens is 4. The van der Waals surface area contributed by atoms with E-state index >= 15 is 0 Å². The van der Waals surface area contributed by atoms with Crippen LogP contribution in [-0.4, -0.2) is 12.5 Å². The number of amides is 1. The summed E-state index contributed by atoms with van der Waals surface area (Å²) in [5.74, 6) is -0.337. The van der Waals surface area contributed by atoms with Gasteiger partial charge in [0.05, 0.1) is 12.1 Å². The molecule has 3 nitrogen and oxygen atoms in total. The molecule has 0 heterocycles. The molecule has 0 atom stereocenters. The molecule has 2 aromatic rings. The Morgan fingerprint density at radius 3 is 2.29 bits per heavy atom. The van der Waals surface area contributed by atoms with Crippen molar-refractivity contribution in [3.8, 4) is 0 Å². The molecular weight excluding hydrogens is 385 g/mol. The Bertz CT molecular complexity index is 715. The van der Waals surface area contributed by atoms with Crippen molar-refractivity contribution in [1.29, 1.82) is 0 Å². The van der Waals surface area contributed by atoms with E-state index in [2.05, 4.69) is 26.6 Å². The Morgan fingerprint density at radius 2 is 1.71 bits per heavy atom. The number of hydrogen-bond donors (Lipinski definition) is 2. The van der Waals surface area contributed by atoms with Gasteiger partial charge in [-0.15, -0.1) is 0 Å². The fourth-order valence-electron chi connectivity index (χ4n) is 2.06. The van der Waals surface area contributed by atoms with Crippen LogP contribution < -0.4 is 10.6 Å². The van der Waals surface area contributed by atoms with Gasteiger partial charge in [0.15, 0.2) is 0 Å². The van der Waals surface area contributed by atoms with Crippen LogP contribution in [0.2, 0.25) is 0 Å². The van der Waals surface area contributed by atoms with Crippen LogP contribution in [0.5, 0.6) is 0 Å². The first-order chi connectivity index (χ1) is 11.3. The van der Waals surface area contributed by atoms with Crippen molar-refractivity contribution in [1.82, 2.24) is 0 Å². The molecule has 2 aromatic carbocycles. The van der Waals surface area contributed by atoms with Gasteiger partial charge in [0, 0.05) is 15.8 Å². The highest BCUT2D eigenvalue weighted by atomic mass is 79.9. The van der Waals surface area contributed by atoms with Crippen molar-refractivity contribution in [2.75, 3.05) is 17.2 Å². The quantitative estimate of drug-likeness (QED) is 0.734. The zero-order valence-electron chi connectivity index (χ0n) is 12.9. The lowest BCUT2D eigenvalue weighted by atomic mass is 10.1. The molecule has 0 bridgehead atoms. The monoisotopic (exact) mass is 400 g/mol. The van der Waals surface area contributed by atoms with E-state index in [4.69, 9.17) is 0 Å². The summed E-state index contributed by atoms with van der Waals surface area (Å²) in [6, 6.07) is 11.1. The van der Waals surface area contributed by atoms with Gasteiger partial charge in [-0.3, -0.25) is 4.79 Å². The van der Waals surface area contributed by atoms with Crippen LogP contribution in [0, 0.1) is 0 Å². The standard InChI is InChI=1S/C17H16BrF3N2O/c1-2-11-3-5-12(6-4-11)23-16(24)10-22-13-7-8-15(18)14(9-13)17(19,20)21/h3-9,22H,2,10H2,1H3,(H,23,24). The summed E-state index contributed by atoms with van der Waals surface area (Å²) in [6.45, 7) is 1.90. The van der Waals surface area contributed by atoms with E-state index in [1.807, 2.05) is 19.1 Å². The molecule has 0 aromatic heterocycles. The molecule has 0 saturated heterocycles. The predicted octanol–water partition coefficient (Wildman–Crippen LogP) is 5.08. The normalized spacial score (nSPS) is 11.2. The molecule has 2 rings (SSSR count). The van der Waals surface area contributed by atoms with Gasteiger partial charge in [0.2, 0.25) is 5.91 Å². The molecule has 0 aliphatic carbocycles. The zero-order chi connectivity index (χ0) is 17.7. The topological polar surface area (TPSA) is 41.1 Å².